The molecule has 0 rings (SSSR count). The summed E-state index contributed by atoms with van der Waals surface area (Å²) in [6.07, 6.45) is 2.15. The van der Waals surface area contributed by atoms with E-state index in [0.29, 0.717) is 5.04 Å². The van der Waals surface area contributed by atoms with Gasteiger partial charge in [0, 0.05) is 18.2 Å². The Labute approximate surface area is 86.6 Å². The van der Waals surface area contributed by atoms with Crippen LogP contribution < -0.4 is 0 Å². The monoisotopic (exact) mass is 252 g/mol. The normalized spacial score (nSPS) is 14.8. The van der Waals surface area contributed by atoms with Crippen molar-refractivity contribution in [2.75, 3.05) is 18.2 Å². The van der Waals surface area contributed by atoms with E-state index in [4.69, 9.17) is 4.74 Å². The summed E-state index contributed by atoms with van der Waals surface area (Å²) in [4.78, 5) is 0. The van der Waals surface area contributed by atoms with E-state index in [9.17, 15) is 0 Å². The molecule has 1 unspecified atom stereocenters. The molecule has 0 aliphatic heterocycles. The third kappa shape index (κ3) is 6.20. The Bertz CT molecular complexity index is 112. The Balaban J connectivity index is 3.38. The van der Waals surface area contributed by atoms with Crippen molar-refractivity contribution in [2.24, 2.45) is 0 Å². The molecule has 1 atom stereocenters. The molecular weight excluding hydrogens is 232 g/mol. The van der Waals surface area contributed by atoms with E-state index in [1.165, 1.54) is 0 Å². The minimum absolute atomic E-state index is 0.508. The fourth-order valence-electron chi connectivity index (χ4n) is 0.667. The van der Waals surface area contributed by atoms with Crippen LogP contribution in [0.25, 0.3) is 0 Å². The summed E-state index contributed by atoms with van der Waals surface area (Å²) in [5.74, 6) is 0. The maximum atomic E-state index is 5.59. The van der Waals surface area contributed by atoms with Gasteiger partial charge < -0.3 is 4.74 Å². The molecule has 0 aromatic carbocycles. The molecule has 0 bridgehead atoms. The highest BCUT2D eigenvalue weighted by Crippen LogP contribution is 2.26. The van der Waals surface area contributed by atoms with Crippen LogP contribution in [0.5, 0.6) is 0 Å². The largest absolute Gasteiger partial charge is 0.385 e. The Morgan fingerprint density at radius 3 is 2.33 bits per heavy atom. The molecule has 0 aliphatic rings. The van der Waals surface area contributed by atoms with Crippen LogP contribution in [0.4, 0.5) is 0 Å². The van der Waals surface area contributed by atoms with Crippen LogP contribution >= 0.6 is 15.9 Å². The molecule has 0 saturated heterocycles. The van der Waals surface area contributed by atoms with Gasteiger partial charge in [0.05, 0.1) is 8.80 Å². The van der Waals surface area contributed by atoms with Crippen LogP contribution in [0, 0.1) is 0 Å². The van der Waals surface area contributed by atoms with E-state index in [1.807, 2.05) is 0 Å². The minimum atomic E-state index is -0.671. The Morgan fingerprint density at radius 1 is 1.33 bits per heavy atom. The molecule has 0 aromatic rings. The van der Waals surface area contributed by atoms with Crippen molar-refractivity contribution >= 4 is 24.7 Å². The lowest BCUT2D eigenvalue weighted by Crippen LogP contribution is -2.28. The van der Waals surface area contributed by atoms with Crippen LogP contribution in [-0.2, 0) is 4.74 Å². The summed E-state index contributed by atoms with van der Waals surface area (Å²) < 4.78 is 5.59. The third-order valence-corrected chi connectivity index (χ3v) is 6.52. The second-order valence-corrected chi connectivity index (χ2v) is 9.05. The highest BCUT2D eigenvalue weighted by Gasteiger charge is 2.21. The van der Waals surface area contributed by atoms with E-state index < -0.39 is 8.80 Å². The Morgan fingerprint density at radius 2 is 1.92 bits per heavy atom. The topological polar surface area (TPSA) is 9.23 Å². The lowest BCUT2D eigenvalue weighted by Gasteiger charge is -2.25. The van der Waals surface area contributed by atoms with Gasteiger partial charge in [-0.3, -0.25) is 0 Å². The van der Waals surface area contributed by atoms with Gasteiger partial charge in [0.25, 0.3) is 0 Å². The summed E-state index contributed by atoms with van der Waals surface area (Å²) in [5, 5.41) is 1.56. The first-order valence-corrected chi connectivity index (χ1v) is 8.29. The van der Waals surface area contributed by atoms with Gasteiger partial charge in [-0.25, -0.2) is 0 Å². The van der Waals surface area contributed by atoms with Gasteiger partial charge in [0.2, 0.25) is 0 Å². The zero-order chi connectivity index (χ0) is 9.61. The summed E-state index contributed by atoms with van der Waals surface area (Å²) in [6.45, 7) is 10.3. The first-order chi connectivity index (χ1) is 5.48. The molecule has 12 heavy (non-hydrogen) atoms. The van der Waals surface area contributed by atoms with Gasteiger partial charge in [0.1, 0.15) is 0 Å². The number of ether oxygens (including phenoxy) is 1. The SMILES string of the molecule is C[SiH](COCCCBr)C(C)(C)C. The molecule has 0 fully saturated rings. The second-order valence-electron chi connectivity index (χ2n) is 4.38. The average molecular weight is 253 g/mol. The van der Waals surface area contributed by atoms with Crippen LogP contribution in [0.1, 0.15) is 27.2 Å². The predicted octanol–water partition coefficient (Wildman–Crippen LogP) is 2.98. The van der Waals surface area contributed by atoms with Crippen molar-refractivity contribution in [3.63, 3.8) is 0 Å². The van der Waals surface area contributed by atoms with Gasteiger partial charge in [0.15, 0.2) is 0 Å². The molecule has 74 valence electrons. The molecule has 0 saturated carbocycles. The lowest BCUT2D eigenvalue weighted by atomic mass is 10.2. The summed E-state index contributed by atoms with van der Waals surface area (Å²) in [7, 11) is -0.671. The van der Waals surface area contributed by atoms with Crippen molar-refractivity contribution in [1.29, 1.82) is 0 Å². The fraction of sp³-hybridized carbons (Fsp3) is 1.00. The molecule has 0 N–H and O–H groups in total. The molecule has 0 aromatic heterocycles. The van der Waals surface area contributed by atoms with Crippen molar-refractivity contribution in [2.45, 2.75) is 38.8 Å². The van der Waals surface area contributed by atoms with Crippen molar-refractivity contribution in [3.8, 4) is 0 Å². The molecule has 0 heterocycles. The second kappa shape index (κ2) is 6.16. The van der Waals surface area contributed by atoms with Crippen LogP contribution in [0.15, 0.2) is 0 Å². The van der Waals surface area contributed by atoms with Gasteiger partial charge in [-0.05, 0) is 11.5 Å². The fourth-order valence-corrected chi connectivity index (χ4v) is 1.92. The summed E-state index contributed by atoms with van der Waals surface area (Å²) >= 11 is 3.39. The van der Waals surface area contributed by atoms with Crippen LogP contribution in [-0.4, -0.2) is 27.0 Å². The highest BCUT2D eigenvalue weighted by molar-refractivity contribution is 9.09. The van der Waals surface area contributed by atoms with Crippen LogP contribution in [0.3, 0.4) is 0 Å². The maximum Gasteiger partial charge on any atom is 0.0700 e. The average Bonchev–Trinajstić information content (AvgIpc) is 1.96. The summed E-state index contributed by atoms with van der Waals surface area (Å²) in [5.41, 5.74) is 0. The van der Waals surface area contributed by atoms with Crippen molar-refractivity contribution in [3.05, 3.63) is 0 Å². The van der Waals surface area contributed by atoms with E-state index in [1.54, 1.807) is 0 Å². The third-order valence-electron chi connectivity index (χ3n) is 2.27. The highest BCUT2D eigenvalue weighted by atomic mass is 79.9. The minimum Gasteiger partial charge on any atom is -0.385 e. The molecule has 3 heteroatoms. The number of rotatable bonds is 5. The van der Waals surface area contributed by atoms with E-state index in [2.05, 4.69) is 43.2 Å². The van der Waals surface area contributed by atoms with Gasteiger partial charge in [-0.1, -0.05) is 43.2 Å². The first kappa shape index (κ1) is 12.7. The number of hydrogen-bond acceptors (Lipinski definition) is 1. The molecule has 1 nitrogen and oxygen atoms in total. The van der Waals surface area contributed by atoms with Gasteiger partial charge in [-0.2, -0.15) is 0 Å². The van der Waals surface area contributed by atoms with Crippen molar-refractivity contribution < 1.29 is 4.74 Å². The zero-order valence-corrected chi connectivity index (χ0v) is 11.4. The maximum absolute atomic E-state index is 5.59. The quantitative estimate of drug-likeness (QED) is 0.416. The lowest BCUT2D eigenvalue weighted by molar-refractivity contribution is 0.174. The van der Waals surface area contributed by atoms with E-state index in [-0.39, 0.29) is 0 Å². The summed E-state index contributed by atoms with van der Waals surface area (Å²) in [6, 6.07) is 0. The molecule has 0 aliphatic carbocycles. The number of halogens is 1. The number of alkyl halides is 1. The van der Waals surface area contributed by atoms with Crippen LogP contribution in [0.2, 0.25) is 11.6 Å². The molecule has 0 spiro atoms. The Hall–Kier alpha value is 0.657. The van der Waals surface area contributed by atoms with Gasteiger partial charge >= 0.3 is 0 Å². The smallest absolute Gasteiger partial charge is 0.0700 e. The Kier molecular flexibility index (Phi) is 6.50. The van der Waals surface area contributed by atoms with Crippen molar-refractivity contribution in [1.82, 2.24) is 0 Å². The van der Waals surface area contributed by atoms with E-state index in [0.717, 1.165) is 24.6 Å². The number of hydrogen-bond donors (Lipinski definition) is 0. The van der Waals surface area contributed by atoms with Gasteiger partial charge in [-0.15, -0.1) is 0 Å². The zero-order valence-electron chi connectivity index (χ0n) is 8.69. The predicted molar refractivity (Wildman–Crippen MR) is 62.0 cm³/mol. The molecule has 0 radical (unpaired) electrons. The van der Waals surface area contributed by atoms with E-state index >= 15 is 0 Å². The first-order valence-electron chi connectivity index (χ1n) is 4.62. The standard InChI is InChI=1S/C9H21BrOSi/c1-9(2,3)12(4)8-11-7-5-6-10/h12H,5-8H2,1-4H3. The molecular formula is C9H21BrOSi. The molecule has 0 amide bonds.